The van der Waals surface area contributed by atoms with Crippen LogP contribution in [0.3, 0.4) is 0 Å². The second kappa shape index (κ2) is 13.2. The number of methoxy groups -OCH3 is 1. The lowest BCUT2D eigenvalue weighted by molar-refractivity contribution is 0.156. The average Bonchev–Trinajstić information content (AvgIpc) is 3.40. The molecule has 4 N–H and O–H groups in total. The molecule has 0 spiro atoms. The number of pyridine rings is 1. The van der Waals surface area contributed by atoms with E-state index in [1.165, 1.54) is 0 Å². The molecule has 0 atom stereocenters. The molecule has 40 heavy (non-hydrogen) atoms. The molecule has 9 heteroatoms. The van der Waals surface area contributed by atoms with Crippen LogP contribution in [0.5, 0.6) is 23.0 Å². The molecule has 2 aromatic carbocycles. The van der Waals surface area contributed by atoms with Crippen molar-refractivity contribution in [2.24, 2.45) is 5.41 Å². The highest BCUT2D eigenvalue weighted by Crippen LogP contribution is 2.37. The minimum absolute atomic E-state index is 0.144. The molecule has 0 aliphatic heterocycles. The summed E-state index contributed by atoms with van der Waals surface area (Å²) in [7, 11) is 1.60. The summed E-state index contributed by atoms with van der Waals surface area (Å²) in [4.78, 5) is 16.7. The van der Waals surface area contributed by atoms with Crippen molar-refractivity contribution in [3.63, 3.8) is 0 Å². The fourth-order valence-electron chi connectivity index (χ4n) is 4.87. The zero-order valence-electron chi connectivity index (χ0n) is 24.0. The van der Waals surface area contributed by atoms with Crippen molar-refractivity contribution in [2.75, 3.05) is 38.7 Å². The van der Waals surface area contributed by atoms with Gasteiger partial charge >= 0.3 is 6.03 Å². The van der Waals surface area contributed by atoms with Gasteiger partial charge in [-0.3, -0.25) is 4.98 Å². The Labute approximate surface area is 236 Å². The quantitative estimate of drug-likeness (QED) is 0.209. The highest BCUT2D eigenvalue weighted by molar-refractivity contribution is 5.89. The van der Waals surface area contributed by atoms with Crippen LogP contribution in [-0.4, -0.2) is 55.1 Å². The maximum atomic E-state index is 12.2. The molecule has 0 bridgehead atoms. The predicted molar refractivity (Wildman–Crippen MR) is 158 cm³/mol. The van der Waals surface area contributed by atoms with Crippen molar-refractivity contribution < 1.29 is 24.1 Å². The second-order valence-electron chi connectivity index (χ2n) is 11.6. The summed E-state index contributed by atoms with van der Waals surface area (Å²) >= 11 is 0. The maximum absolute atomic E-state index is 12.2. The molecule has 1 saturated carbocycles. The van der Waals surface area contributed by atoms with Crippen molar-refractivity contribution in [3.05, 3.63) is 48.7 Å². The molecule has 0 unspecified atom stereocenters. The van der Waals surface area contributed by atoms with Gasteiger partial charge in [-0.15, -0.1) is 0 Å². The number of aliphatic hydroxyl groups is 1. The molecule has 1 aromatic heterocycles. The van der Waals surface area contributed by atoms with E-state index < -0.39 is 0 Å². The van der Waals surface area contributed by atoms with E-state index in [-0.39, 0.29) is 23.6 Å². The van der Waals surface area contributed by atoms with Gasteiger partial charge in [0, 0.05) is 42.0 Å². The summed E-state index contributed by atoms with van der Waals surface area (Å²) in [5.74, 6) is 2.44. The number of amides is 2. The monoisotopic (exact) mass is 550 g/mol. The van der Waals surface area contributed by atoms with Crippen molar-refractivity contribution in [1.29, 1.82) is 0 Å². The number of urea groups is 1. The minimum Gasteiger partial charge on any atom is -0.493 e. The van der Waals surface area contributed by atoms with Gasteiger partial charge in [-0.2, -0.15) is 0 Å². The van der Waals surface area contributed by atoms with Crippen LogP contribution in [0.4, 0.5) is 10.5 Å². The number of aliphatic hydroxyl groups excluding tert-OH is 1. The predicted octanol–water partition coefficient (Wildman–Crippen LogP) is 5.87. The fourth-order valence-corrected chi connectivity index (χ4v) is 4.87. The Morgan fingerprint density at radius 3 is 2.45 bits per heavy atom. The molecule has 0 saturated heterocycles. The van der Waals surface area contributed by atoms with Gasteiger partial charge in [0.25, 0.3) is 0 Å². The SMILES string of the molecule is COc1cc2c(Oc3ccc(NC(=O)NCCC(C)(C)C)cc3)ccnc2cc1OCCNC1(CO)CCCC1. The zero-order chi connectivity index (χ0) is 28.6. The van der Waals surface area contributed by atoms with Gasteiger partial charge in [0.2, 0.25) is 0 Å². The van der Waals surface area contributed by atoms with E-state index >= 15 is 0 Å². The lowest BCUT2D eigenvalue weighted by atomic mass is 9.92. The Bertz CT molecular complexity index is 1270. The summed E-state index contributed by atoms with van der Waals surface area (Å²) in [5.41, 5.74) is 1.38. The molecule has 216 valence electrons. The van der Waals surface area contributed by atoms with Gasteiger partial charge in [-0.25, -0.2) is 4.79 Å². The van der Waals surface area contributed by atoms with Crippen molar-refractivity contribution in [1.82, 2.24) is 15.6 Å². The van der Waals surface area contributed by atoms with Gasteiger partial charge in [0.05, 0.1) is 19.2 Å². The number of fused-ring (bicyclic) bond motifs is 1. The number of hydrogen-bond donors (Lipinski definition) is 4. The van der Waals surface area contributed by atoms with E-state index in [4.69, 9.17) is 14.2 Å². The first-order valence-corrected chi connectivity index (χ1v) is 14.0. The summed E-state index contributed by atoms with van der Waals surface area (Å²) in [6.45, 7) is 8.25. The molecular weight excluding hydrogens is 508 g/mol. The van der Waals surface area contributed by atoms with Crippen molar-refractivity contribution >= 4 is 22.6 Å². The van der Waals surface area contributed by atoms with Gasteiger partial charge in [-0.1, -0.05) is 33.6 Å². The average molecular weight is 551 g/mol. The van der Waals surface area contributed by atoms with Crippen LogP contribution >= 0.6 is 0 Å². The third kappa shape index (κ3) is 7.99. The number of carbonyl (C=O) groups is 1. The first kappa shape index (κ1) is 29.4. The van der Waals surface area contributed by atoms with E-state index in [1.807, 2.05) is 24.3 Å². The Morgan fingerprint density at radius 2 is 1.77 bits per heavy atom. The number of carbonyl (C=O) groups excluding carboxylic acids is 1. The third-order valence-corrected chi connectivity index (χ3v) is 7.21. The number of ether oxygens (including phenoxy) is 3. The second-order valence-corrected chi connectivity index (χ2v) is 11.6. The molecule has 0 radical (unpaired) electrons. The summed E-state index contributed by atoms with van der Waals surface area (Å²) in [6, 6.07) is 12.5. The van der Waals surface area contributed by atoms with E-state index in [9.17, 15) is 9.90 Å². The normalized spacial score (nSPS) is 14.6. The summed E-state index contributed by atoms with van der Waals surface area (Å²) in [6.07, 6.45) is 6.84. The fraction of sp³-hybridized carbons (Fsp3) is 0.484. The first-order valence-electron chi connectivity index (χ1n) is 14.0. The van der Waals surface area contributed by atoms with E-state index in [0.717, 1.165) is 37.5 Å². The number of aromatic nitrogens is 1. The molecule has 3 aromatic rings. The van der Waals surface area contributed by atoms with Gasteiger partial charge in [0.15, 0.2) is 11.5 Å². The van der Waals surface area contributed by atoms with Gasteiger partial charge in [-0.05, 0) is 61.1 Å². The standard InChI is InChI=1S/C31H42N4O5/c1-30(2,3)14-16-33-29(37)35-22-7-9-23(10-8-22)40-26-11-15-32-25-20-28(27(38-4)19-24(25)26)39-18-17-34-31(21-36)12-5-6-13-31/h7-11,15,19-20,34,36H,5-6,12-14,16-18,21H2,1-4H3,(H2,33,35,37). The third-order valence-electron chi connectivity index (χ3n) is 7.21. The van der Waals surface area contributed by atoms with Crippen LogP contribution in [0.1, 0.15) is 52.9 Å². The summed E-state index contributed by atoms with van der Waals surface area (Å²) < 4.78 is 17.8. The Balaban J connectivity index is 1.37. The maximum Gasteiger partial charge on any atom is 0.319 e. The van der Waals surface area contributed by atoms with Crippen molar-refractivity contribution in [2.45, 2.75) is 58.4 Å². The molecule has 1 fully saturated rings. The van der Waals surface area contributed by atoms with Crippen LogP contribution in [0.25, 0.3) is 10.9 Å². The van der Waals surface area contributed by atoms with E-state index in [2.05, 4.69) is 41.7 Å². The minimum atomic E-state index is -0.231. The lowest BCUT2D eigenvalue weighted by Crippen LogP contribution is -2.47. The van der Waals surface area contributed by atoms with Crippen LogP contribution < -0.4 is 30.2 Å². The zero-order valence-corrected chi connectivity index (χ0v) is 24.0. The Morgan fingerprint density at radius 1 is 1.02 bits per heavy atom. The largest absolute Gasteiger partial charge is 0.493 e. The van der Waals surface area contributed by atoms with Crippen LogP contribution in [0, 0.1) is 5.41 Å². The molecule has 9 nitrogen and oxygen atoms in total. The Kier molecular flexibility index (Phi) is 9.71. The summed E-state index contributed by atoms with van der Waals surface area (Å²) in [5, 5.41) is 19.8. The number of anilines is 1. The number of benzene rings is 2. The highest BCUT2D eigenvalue weighted by Gasteiger charge is 2.32. The first-order chi connectivity index (χ1) is 19.2. The van der Waals surface area contributed by atoms with Crippen molar-refractivity contribution in [3.8, 4) is 23.0 Å². The van der Waals surface area contributed by atoms with E-state index in [1.54, 1.807) is 31.5 Å². The smallest absolute Gasteiger partial charge is 0.319 e. The highest BCUT2D eigenvalue weighted by atomic mass is 16.5. The molecule has 1 heterocycles. The molecule has 2 amide bonds. The molecule has 1 aliphatic carbocycles. The van der Waals surface area contributed by atoms with Gasteiger partial charge in [0.1, 0.15) is 18.1 Å². The van der Waals surface area contributed by atoms with E-state index in [0.29, 0.717) is 53.9 Å². The number of nitrogens with zero attached hydrogens (tertiary/aromatic N) is 1. The van der Waals surface area contributed by atoms with Gasteiger partial charge < -0.3 is 35.3 Å². The number of rotatable bonds is 12. The van der Waals surface area contributed by atoms with Crippen LogP contribution in [0.2, 0.25) is 0 Å². The molecule has 4 rings (SSSR count). The molecular formula is C31H42N4O5. The Hall–Kier alpha value is -3.56. The number of hydrogen-bond acceptors (Lipinski definition) is 7. The molecule has 1 aliphatic rings. The topological polar surface area (TPSA) is 114 Å². The van der Waals surface area contributed by atoms with Crippen LogP contribution in [-0.2, 0) is 0 Å². The lowest BCUT2D eigenvalue weighted by Gasteiger charge is -2.28. The number of nitrogens with one attached hydrogen (secondary N) is 3. The van der Waals surface area contributed by atoms with Crippen LogP contribution in [0.15, 0.2) is 48.7 Å².